The Balaban J connectivity index is 1.29. The summed E-state index contributed by atoms with van der Waals surface area (Å²) >= 11 is 0. The summed E-state index contributed by atoms with van der Waals surface area (Å²) in [6.45, 7) is 1.44. The summed E-state index contributed by atoms with van der Waals surface area (Å²) in [5, 5.41) is 5.53. The number of imidazole rings is 1. The minimum Gasteiger partial charge on any atom is -0.494 e. The molecule has 8 rings (SSSR count). The number of hydrogen-bond acceptors (Lipinski definition) is 7. The van der Waals surface area contributed by atoms with Crippen LogP contribution in [0.25, 0.3) is 39.3 Å². The molecule has 0 spiro atoms. The van der Waals surface area contributed by atoms with Crippen LogP contribution >= 0.6 is 0 Å². The zero-order valence-electron chi connectivity index (χ0n) is 26.8. The van der Waals surface area contributed by atoms with Gasteiger partial charge in [-0.3, -0.25) is 9.59 Å². The molecule has 0 radical (unpaired) electrons. The summed E-state index contributed by atoms with van der Waals surface area (Å²) in [6, 6.07) is 12.6. The molecule has 1 saturated carbocycles. The molecule has 0 bridgehead atoms. The molecule has 1 unspecified atom stereocenters. The van der Waals surface area contributed by atoms with Crippen LogP contribution in [0.1, 0.15) is 35.2 Å². The number of aryl methyl sites for hydroxylation is 1. The molecule has 2 fully saturated rings. The summed E-state index contributed by atoms with van der Waals surface area (Å²) in [5.74, 6) is 1.39. The van der Waals surface area contributed by atoms with E-state index in [1.54, 1.807) is 61.7 Å². The van der Waals surface area contributed by atoms with E-state index in [-0.39, 0.29) is 31.0 Å². The number of piperidine rings is 1. The number of alkyl halides is 1. The number of fused-ring (bicyclic) bond motifs is 2. The molecule has 6 heterocycles. The summed E-state index contributed by atoms with van der Waals surface area (Å²) in [7, 11) is 3.27. The van der Waals surface area contributed by atoms with Crippen molar-refractivity contribution in [2.45, 2.75) is 44.6 Å². The van der Waals surface area contributed by atoms with Gasteiger partial charge in [-0.25, -0.2) is 19.0 Å². The normalized spacial score (nSPS) is 18.2. The molecule has 246 valence electrons. The Bertz CT molecular complexity index is 2240. The Kier molecular flexibility index (Phi) is 7.35. The molecule has 6 aromatic rings. The second kappa shape index (κ2) is 11.7. The lowest BCUT2D eigenvalue weighted by atomic mass is 10.0. The third-order valence-corrected chi connectivity index (χ3v) is 9.34. The SMILES string of the molecule is COc1cc(C(=O)N2CC(N)C[C@@H](F)C2)cc2nc(-c3cc4cccnc4n3CC3CC3)n(Cc3cnn(-c4cccn(C)c4=O)c3)c12. The van der Waals surface area contributed by atoms with Gasteiger partial charge in [0.05, 0.1) is 37.6 Å². The highest BCUT2D eigenvalue weighted by Crippen LogP contribution is 2.38. The summed E-state index contributed by atoms with van der Waals surface area (Å²) < 4.78 is 27.8. The number of amides is 1. The minimum atomic E-state index is -1.17. The minimum absolute atomic E-state index is 0.00461. The van der Waals surface area contributed by atoms with Gasteiger partial charge < -0.3 is 29.1 Å². The van der Waals surface area contributed by atoms with Crippen LogP contribution in [0.2, 0.25) is 0 Å². The third kappa shape index (κ3) is 5.33. The van der Waals surface area contributed by atoms with Crippen LogP contribution in [-0.4, -0.2) is 76.7 Å². The number of methoxy groups -OCH3 is 1. The predicted octanol–water partition coefficient (Wildman–Crippen LogP) is 3.92. The van der Waals surface area contributed by atoms with Crippen LogP contribution in [0, 0.1) is 5.92 Å². The van der Waals surface area contributed by atoms with Gasteiger partial charge >= 0.3 is 0 Å². The van der Waals surface area contributed by atoms with Crippen molar-refractivity contribution < 1.29 is 13.9 Å². The van der Waals surface area contributed by atoms with Gasteiger partial charge in [-0.05, 0) is 67.6 Å². The number of benzene rings is 1. The average molecular weight is 650 g/mol. The first-order chi connectivity index (χ1) is 23.3. The first kappa shape index (κ1) is 30.1. The molecule has 1 aromatic carbocycles. The van der Waals surface area contributed by atoms with Crippen molar-refractivity contribution in [3.63, 3.8) is 0 Å². The lowest BCUT2D eigenvalue weighted by Crippen LogP contribution is -2.50. The first-order valence-corrected chi connectivity index (χ1v) is 16.2. The molecule has 5 aromatic heterocycles. The molecule has 12 nitrogen and oxygen atoms in total. The monoisotopic (exact) mass is 649 g/mol. The van der Waals surface area contributed by atoms with Crippen molar-refractivity contribution in [2.24, 2.45) is 18.7 Å². The van der Waals surface area contributed by atoms with Gasteiger partial charge in [-0.2, -0.15) is 5.10 Å². The summed E-state index contributed by atoms with van der Waals surface area (Å²) in [5.41, 5.74) is 10.6. The Morgan fingerprint density at radius 2 is 1.98 bits per heavy atom. The van der Waals surface area contributed by atoms with E-state index < -0.39 is 12.2 Å². The van der Waals surface area contributed by atoms with E-state index in [1.807, 2.05) is 18.3 Å². The highest BCUT2D eigenvalue weighted by Gasteiger charge is 2.31. The fourth-order valence-corrected chi connectivity index (χ4v) is 6.81. The van der Waals surface area contributed by atoms with Crippen molar-refractivity contribution in [3.05, 3.63) is 88.7 Å². The highest BCUT2D eigenvalue weighted by atomic mass is 19.1. The van der Waals surface area contributed by atoms with Gasteiger partial charge in [0.2, 0.25) is 0 Å². The van der Waals surface area contributed by atoms with Crippen LogP contribution in [-0.2, 0) is 20.1 Å². The van der Waals surface area contributed by atoms with E-state index in [4.69, 9.17) is 20.4 Å². The van der Waals surface area contributed by atoms with Gasteiger partial charge in [0.25, 0.3) is 11.5 Å². The second-order valence-electron chi connectivity index (χ2n) is 13.0. The maximum Gasteiger partial charge on any atom is 0.276 e. The number of carbonyl (C=O) groups is 1. The average Bonchev–Trinajstić information content (AvgIpc) is 3.48. The molecule has 1 aliphatic carbocycles. The van der Waals surface area contributed by atoms with Crippen LogP contribution in [0.5, 0.6) is 5.75 Å². The molecular weight excluding hydrogens is 613 g/mol. The zero-order chi connectivity index (χ0) is 33.1. The van der Waals surface area contributed by atoms with E-state index in [2.05, 4.69) is 20.3 Å². The van der Waals surface area contributed by atoms with Crippen LogP contribution in [0.3, 0.4) is 0 Å². The second-order valence-corrected chi connectivity index (χ2v) is 13.0. The third-order valence-electron chi connectivity index (χ3n) is 9.34. The lowest BCUT2D eigenvalue weighted by molar-refractivity contribution is 0.0606. The number of rotatable bonds is 8. The molecule has 1 saturated heterocycles. The quantitative estimate of drug-likeness (QED) is 0.265. The topological polar surface area (TPSA) is 131 Å². The van der Waals surface area contributed by atoms with Crippen LogP contribution in [0.15, 0.2) is 72.0 Å². The highest BCUT2D eigenvalue weighted by molar-refractivity contribution is 6.00. The van der Waals surface area contributed by atoms with Gasteiger partial charge in [0.1, 0.15) is 28.8 Å². The van der Waals surface area contributed by atoms with Crippen molar-refractivity contribution >= 4 is 28.0 Å². The lowest BCUT2D eigenvalue weighted by Gasteiger charge is -2.33. The maximum atomic E-state index is 14.4. The Hall–Kier alpha value is -5.30. The van der Waals surface area contributed by atoms with Gasteiger partial charge in [0, 0.05) is 61.3 Å². The van der Waals surface area contributed by atoms with Crippen molar-refractivity contribution in [1.29, 1.82) is 0 Å². The number of nitrogens with two attached hydrogens (primary N) is 1. The van der Waals surface area contributed by atoms with E-state index in [9.17, 15) is 14.0 Å². The number of pyridine rings is 2. The van der Waals surface area contributed by atoms with Gasteiger partial charge in [-0.1, -0.05) is 0 Å². The number of hydrogen-bond donors (Lipinski definition) is 1. The van der Waals surface area contributed by atoms with Crippen molar-refractivity contribution in [1.82, 2.24) is 38.3 Å². The molecule has 13 heteroatoms. The molecule has 1 amide bonds. The largest absolute Gasteiger partial charge is 0.494 e. The van der Waals surface area contributed by atoms with Crippen molar-refractivity contribution in [3.8, 4) is 23.0 Å². The standard InChI is InChI=1S/C35H36FN9O3/c1-41-10-4-6-28(35(41)47)45-18-22(15-39-45)17-44-31-27(11-24(13-30(31)48-2)34(46)42-19-25(36)14-26(37)20-42)40-33(44)29-12-23-5-3-9-38-32(23)43(29)16-21-7-8-21/h3-6,9-13,15,18,21,25-26H,7-8,14,16-17,19-20,37H2,1-2H3/t25-,26?/m1/s1. The smallest absolute Gasteiger partial charge is 0.276 e. The number of aromatic nitrogens is 7. The number of nitrogens with zero attached hydrogens (tertiary/aromatic N) is 8. The Labute approximate surface area is 275 Å². The number of ether oxygens (including phenoxy) is 1. The number of likely N-dealkylation sites (tertiary alicyclic amines) is 1. The molecular formula is C35H36FN9O3. The number of halogens is 1. The zero-order valence-corrected chi connectivity index (χ0v) is 26.8. The van der Waals surface area contributed by atoms with Crippen LogP contribution < -0.4 is 16.0 Å². The fourth-order valence-electron chi connectivity index (χ4n) is 6.81. The molecule has 2 N–H and O–H groups in total. The van der Waals surface area contributed by atoms with Crippen LogP contribution in [0.4, 0.5) is 4.39 Å². The summed E-state index contributed by atoms with van der Waals surface area (Å²) in [4.78, 5) is 37.9. The Morgan fingerprint density at radius 1 is 1.12 bits per heavy atom. The first-order valence-electron chi connectivity index (χ1n) is 16.2. The fraction of sp³-hybridized carbons (Fsp3) is 0.343. The van der Waals surface area contributed by atoms with E-state index in [1.165, 1.54) is 22.3 Å². The van der Waals surface area contributed by atoms with Gasteiger partial charge in [-0.15, -0.1) is 0 Å². The van der Waals surface area contributed by atoms with E-state index in [0.29, 0.717) is 46.3 Å². The molecule has 48 heavy (non-hydrogen) atoms. The van der Waals surface area contributed by atoms with Crippen molar-refractivity contribution in [2.75, 3.05) is 20.2 Å². The molecule has 2 aliphatic rings. The van der Waals surface area contributed by atoms with E-state index >= 15 is 0 Å². The molecule has 2 atom stereocenters. The van der Waals surface area contributed by atoms with Gasteiger partial charge in [0.15, 0.2) is 5.82 Å². The summed E-state index contributed by atoms with van der Waals surface area (Å²) in [6.07, 6.45) is 8.48. The number of carbonyl (C=O) groups excluding carboxylic acids is 1. The van der Waals surface area contributed by atoms with E-state index in [0.717, 1.165) is 28.8 Å². The molecule has 1 aliphatic heterocycles. The Morgan fingerprint density at radius 3 is 2.77 bits per heavy atom. The maximum absolute atomic E-state index is 14.4. The predicted molar refractivity (Wildman–Crippen MR) is 179 cm³/mol.